The van der Waals surface area contributed by atoms with Crippen molar-refractivity contribution in [1.29, 1.82) is 0 Å². The van der Waals surface area contributed by atoms with Crippen molar-refractivity contribution in [2.24, 2.45) is 0 Å². The quantitative estimate of drug-likeness (QED) is 0.460. The zero-order valence-corrected chi connectivity index (χ0v) is 12.5. The van der Waals surface area contributed by atoms with E-state index >= 15 is 0 Å². The predicted octanol–water partition coefficient (Wildman–Crippen LogP) is 3.88. The van der Waals surface area contributed by atoms with Gasteiger partial charge in [0.05, 0.1) is 15.9 Å². The second-order valence-corrected chi connectivity index (χ2v) is 5.00. The molecule has 0 radical (unpaired) electrons. The second-order valence-electron chi connectivity index (χ2n) is 4.26. The fourth-order valence-electron chi connectivity index (χ4n) is 1.68. The molecule has 21 heavy (non-hydrogen) atoms. The van der Waals surface area contributed by atoms with Crippen molar-refractivity contribution in [1.82, 2.24) is 0 Å². The number of non-ortho nitro benzene ring substituents is 1. The number of hydrogen-bond donors (Lipinski definition) is 0. The van der Waals surface area contributed by atoms with Crippen LogP contribution in [0.5, 0.6) is 5.75 Å². The molecule has 1 rings (SSSR count). The van der Waals surface area contributed by atoms with E-state index in [1.54, 1.807) is 6.92 Å². The van der Waals surface area contributed by atoms with Gasteiger partial charge in [0.25, 0.3) is 5.69 Å². The van der Waals surface area contributed by atoms with Crippen molar-refractivity contribution in [2.45, 2.75) is 26.2 Å². The largest absolute Gasteiger partial charge is 0.411 e. The van der Waals surface area contributed by atoms with Crippen molar-refractivity contribution in [2.75, 3.05) is 6.26 Å². The first-order valence-corrected chi connectivity index (χ1v) is 7.26. The molecule has 1 aromatic rings. The minimum Gasteiger partial charge on any atom is -0.411 e. The fourth-order valence-corrected chi connectivity index (χ4v) is 1.85. The number of rotatable bonds is 5. The number of nitrogens with zero attached hydrogens (tertiary/aromatic N) is 2. The van der Waals surface area contributed by atoms with Crippen LogP contribution in [-0.2, 0) is 0 Å². The Labute approximate surface area is 124 Å². The van der Waals surface area contributed by atoms with E-state index in [0.29, 0.717) is 6.42 Å². The van der Waals surface area contributed by atoms with E-state index < -0.39 is 26.5 Å². The highest BCUT2D eigenvalue weighted by Crippen LogP contribution is 2.40. The lowest BCUT2D eigenvalue weighted by Crippen LogP contribution is -2.08. The first kappa shape index (κ1) is 16.9. The van der Waals surface area contributed by atoms with Gasteiger partial charge < -0.3 is 4.74 Å². The standard InChI is InChI=1S/C12H14N2O6S/c1-4-7(2)9-5-8(13(16)17)6-10(14(18)19)11(9)20-12(15)21-3/h5-7H,4H2,1-3H3. The number of carbonyl (C=O) groups is 1. The third-order valence-corrected chi connectivity index (χ3v) is 3.40. The average molecular weight is 314 g/mol. The van der Waals surface area contributed by atoms with Crippen LogP contribution in [0.15, 0.2) is 12.1 Å². The highest BCUT2D eigenvalue weighted by molar-refractivity contribution is 8.12. The number of carbonyl (C=O) groups excluding carboxylic acids is 1. The number of benzene rings is 1. The molecule has 0 aromatic heterocycles. The summed E-state index contributed by atoms with van der Waals surface area (Å²) in [5.74, 6) is -0.451. The molecule has 0 N–H and O–H groups in total. The molecule has 0 amide bonds. The van der Waals surface area contributed by atoms with Crippen molar-refractivity contribution in [3.63, 3.8) is 0 Å². The third-order valence-electron chi connectivity index (χ3n) is 2.99. The number of ether oxygens (including phenoxy) is 1. The number of nitro groups is 2. The molecule has 0 aliphatic heterocycles. The van der Waals surface area contributed by atoms with Gasteiger partial charge in [-0.25, -0.2) is 4.79 Å². The van der Waals surface area contributed by atoms with Gasteiger partial charge in [0, 0.05) is 11.6 Å². The molecule has 0 bridgehead atoms. The van der Waals surface area contributed by atoms with Gasteiger partial charge in [-0.3, -0.25) is 20.2 Å². The van der Waals surface area contributed by atoms with Crippen molar-refractivity contribution >= 4 is 28.4 Å². The normalized spacial score (nSPS) is 11.8. The minimum atomic E-state index is -0.790. The molecule has 0 aliphatic rings. The predicted molar refractivity (Wildman–Crippen MR) is 78.0 cm³/mol. The van der Waals surface area contributed by atoms with Gasteiger partial charge in [0.1, 0.15) is 0 Å². The molecule has 0 saturated heterocycles. The first-order valence-electron chi connectivity index (χ1n) is 6.04. The van der Waals surface area contributed by atoms with Crippen LogP contribution in [0, 0.1) is 20.2 Å². The summed E-state index contributed by atoms with van der Waals surface area (Å²) in [5, 5.41) is 21.3. The molecular formula is C12H14N2O6S. The van der Waals surface area contributed by atoms with E-state index in [1.165, 1.54) is 12.3 Å². The van der Waals surface area contributed by atoms with Gasteiger partial charge in [-0.05, 0) is 30.4 Å². The number of hydrogen-bond acceptors (Lipinski definition) is 7. The summed E-state index contributed by atoms with van der Waals surface area (Å²) in [6, 6.07) is 2.01. The Morgan fingerprint density at radius 3 is 2.38 bits per heavy atom. The Kier molecular flexibility index (Phi) is 5.65. The summed E-state index contributed by atoms with van der Waals surface area (Å²) in [5.41, 5.74) is -0.705. The third kappa shape index (κ3) is 3.91. The average Bonchev–Trinajstić information content (AvgIpc) is 2.45. The molecule has 9 heteroatoms. The van der Waals surface area contributed by atoms with Gasteiger partial charge in [-0.1, -0.05) is 13.8 Å². The van der Waals surface area contributed by atoms with Gasteiger partial charge in [-0.15, -0.1) is 0 Å². The Balaban J connectivity index is 3.57. The Morgan fingerprint density at radius 1 is 1.33 bits per heavy atom. The van der Waals surface area contributed by atoms with E-state index in [9.17, 15) is 25.0 Å². The minimum absolute atomic E-state index is 0.223. The molecule has 8 nitrogen and oxygen atoms in total. The zero-order chi connectivity index (χ0) is 16.2. The first-order chi connectivity index (χ1) is 9.81. The van der Waals surface area contributed by atoms with Crippen molar-refractivity contribution < 1.29 is 19.4 Å². The van der Waals surface area contributed by atoms with E-state index in [2.05, 4.69) is 0 Å². The van der Waals surface area contributed by atoms with E-state index in [0.717, 1.165) is 17.8 Å². The number of nitro benzene ring substituents is 2. The summed E-state index contributed by atoms with van der Waals surface area (Å²) < 4.78 is 5.00. The van der Waals surface area contributed by atoms with Crippen LogP contribution in [0.1, 0.15) is 31.7 Å². The monoisotopic (exact) mass is 314 g/mol. The summed E-state index contributed by atoms with van der Waals surface area (Å²) in [4.78, 5) is 31.9. The molecule has 114 valence electrons. The lowest BCUT2D eigenvalue weighted by Gasteiger charge is -2.14. The Morgan fingerprint density at radius 2 is 1.95 bits per heavy atom. The van der Waals surface area contributed by atoms with Crippen LogP contribution in [-0.4, -0.2) is 21.4 Å². The molecule has 0 heterocycles. The SMILES string of the molecule is CCC(C)c1cc([N+](=O)[O-])cc([N+](=O)[O-])c1OC(=O)SC. The summed E-state index contributed by atoms with van der Waals surface area (Å²) in [6.07, 6.45) is 2.06. The van der Waals surface area contributed by atoms with Crippen LogP contribution < -0.4 is 4.74 Å². The van der Waals surface area contributed by atoms with Crippen LogP contribution >= 0.6 is 11.8 Å². The van der Waals surface area contributed by atoms with Crippen molar-refractivity contribution in [3.8, 4) is 5.75 Å². The van der Waals surface area contributed by atoms with Gasteiger partial charge in [-0.2, -0.15) is 0 Å². The topological polar surface area (TPSA) is 113 Å². The van der Waals surface area contributed by atoms with E-state index in [4.69, 9.17) is 4.74 Å². The summed E-state index contributed by atoms with van der Waals surface area (Å²) in [7, 11) is 0. The molecular weight excluding hydrogens is 300 g/mol. The molecule has 1 unspecified atom stereocenters. The molecule has 0 aliphatic carbocycles. The van der Waals surface area contributed by atoms with Crippen LogP contribution in [0.2, 0.25) is 0 Å². The smallest absolute Gasteiger partial charge is 0.372 e. The lowest BCUT2D eigenvalue weighted by atomic mass is 9.96. The molecule has 0 fully saturated rings. The summed E-state index contributed by atoms with van der Waals surface area (Å²) >= 11 is 0.761. The Bertz CT molecular complexity index is 589. The maximum absolute atomic E-state index is 11.4. The van der Waals surface area contributed by atoms with Gasteiger partial charge in [0.15, 0.2) is 0 Å². The molecule has 0 saturated carbocycles. The summed E-state index contributed by atoms with van der Waals surface area (Å²) in [6.45, 7) is 3.58. The lowest BCUT2D eigenvalue weighted by molar-refractivity contribution is -0.394. The maximum Gasteiger partial charge on any atom is 0.372 e. The van der Waals surface area contributed by atoms with E-state index in [1.807, 2.05) is 6.92 Å². The highest BCUT2D eigenvalue weighted by Gasteiger charge is 2.29. The second kappa shape index (κ2) is 7.02. The highest BCUT2D eigenvalue weighted by atomic mass is 32.2. The fraction of sp³-hybridized carbons (Fsp3) is 0.417. The molecule has 1 aromatic carbocycles. The van der Waals surface area contributed by atoms with Crippen LogP contribution in [0.3, 0.4) is 0 Å². The van der Waals surface area contributed by atoms with Crippen molar-refractivity contribution in [3.05, 3.63) is 37.9 Å². The number of thioether (sulfide) groups is 1. The zero-order valence-electron chi connectivity index (χ0n) is 11.7. The molecule has 0 spiro atoms. The van der Waals surface area contributed by atoms with Gasteiger partial charge >= 0.3 is 11.0 Å². The Hall–Kier alpha value is -2.16. The molecule has 1 atom stereocenters. The van der Waals surface area contributed by atoms with Crippen LogP contribution in [0.25, 0.3) is 0 Å². The van der Waals surface area contributed by atoms with E-state index in [-0.39, 0.29) is 17.2 Å². The van der Waals surface area contributed by atoms with Gasteiger partial charge in [0.2, 0.25) is 5.75 Å². The maximum atomic E-state index is 11.4. The van der Waals surface area contributed by atoms with Crippen LogP contribution in [0.4, 0.5) is 16.2 Å².